The Kier molecular flexibility index (Phi) is 4.42. The van der Waals surface area contributed by atoms with Crippen molar-refractivity contribution in [3.8, 4) is 22.4 Å². The van der Waals surface area contributed by atoms with Crippen LogP contribution in [0.15, 0.2) is 73.1 Å². The molecular formula is C23H23N5O. The standard InChI is InChI=1S/C23H23N5O/c1-27-13-3-4-22(27)23-24-14-20(25-23)18-9-5-16(6-10-18)17-7-11-19(12-8-17)21-15-28(2)29-26-21/h3-12,14-15,22,26H,13H2,1-2H3,(H,24,25). The molecule has 0 aliphatic carbocycles. The second-order valence-electron chi connectivity index (χ2n) is 7.43. The molecule has 3 aromatic rings. The number of nitrogens with zero attached hydrogens (tertiary/aromatic N) is 3. The van der Waals surface area contributed by atoms with Crippen molar-refractivity contribution in [2.24, 2.45) is 0 Å². The van der Waals surface area contributed by atoms with E-state index in [1.807, 2.05) is 19.4 Å². The molecule has 1 atom stereocenters. The van der Waals surface area contributed by atoms with Gasteiger partial charge in [0.2, 0.25) is 0 Å². The van der Waals surface area contributed by atoms with E-state index in [1.165, 1.54) is 11.1 Å². The number of nitrogens with one attached hydrogen (secondary N) is 2. The molecule has 1 aromatic heterocycles. The van der Waals surface area contributed by atoms with Gasteiger partial charge in [0, 0.05) is 19.2 Å². The maximum Gasteiger partial charge on any atom is 0.127 e. The molecule has 2 N–H and O–H groups in total. The minimum atomic E-state index is 0.233. The van der Waals surface area contributed by atoms with Gasteiger partial charge in [-0.05, 0) is 23.7 Å². The summed E-state index contributed by atoms with van der Waals surface area (Å²) in [6.07, 6.45) is 8.20. The van der Waals surface area contributed by atoms with Crippen molar-refractivity contribution < 1.29 is 4.94 Å². The van der Waals surface area contributed by atoms with E-state index in [0.29, 0.717) is 0 Å². The molecule has 1 unspecified atom stereocenters. The Hall–Kier alpha value is -3.35. The van der Waals surface area contributed by atoms with Crippen LogP contribution in [0.4, 0.5) is 0 Å². The number of hydroxylamine groups is 3. The molecular weight excluding hydrogens is 362 g/mol. The van der Waals surface area contributed by atoms with E-state index in [2.05, 4.69) is 88.1 Å². The van der Waals surface area contributed by atoms with E-state index in [-0.39, 0.29) is 6.04 Å². The van der Waals surface area contributed by atoms with Crippen LogP contribution in [-0.4, -0.2) is 40.6 Å². The van der Waals surface area contributed by atoms with Gasteiger partial charge in [0.1, 0.15) is 5.82 Å². The summed E-state index contributed by atoms with van der Waals surface area (Å²) in [7, 11) is 3.96. The van der Waals surface area contributed by atoms with Crippen LogP contribution < -0.4 is 5.48 Å². The zero-order chi connectivity index (χ0) is 19.8. The van der Waals surface area contributed by atoms with Crippen molar-refractivity contribution in [3.05, 3.63) is 84.5 Å². The second-order valence-corrected chi connectivity index (χ2v) is 7.43. The quantitative estimate of drug-likeness (QED) is 0.666. The Labute approximate surface area is 170 Å². The molecule has 0 amide bonds. The predicted octanol–water partition coefficient (Wildman–Crippen LogP) is 3.97. The monoisotopic (exact) mass is 385 g/mol. The summed E-state index contributed by atoms with van der Waals surface area (Å²) in [6.45, 7) is 0.964. The fourth-order valence-electron chi connectivity index (χ4n) is 3.72. The van der Waals surface area contributed by atoms with Crippen LogP contribution in [0.1, 0.15) is 17.4 Å². The topological polar surface area (TPSA) is 56.4 Å². The number of imidazole rings is 1. The van der Waals surface area contributed by atoms with Crippen LogP contribution in [0.3, 0.4) is 0 Å². The molecule has 5 rings (SSSR count). The van der Waals surface area contributed by atoms with Crippen molar-refractivity contribution >= 4 is 5.70 Å². The average molecular weight is 385 g/mol. The molecule has 0 saturated heterocycles. The molecule has 2 aliphatic heterocycles. The second kappa shape index (κ2) is 7.24. The largest absolute Gasteiger partial charge is 0.340 e. The molecule has 2 aromatic carbocycles. The first kappa shape index (κ1) is 17.7. The highest BCUT2D eigenvalue weighted by molar-refractivity contribution is 5.71. The molecule has 0 radical (unpaired) electrons. The molecule has 0 saturated carbocycles. The summed E-state index contributed by atoms with van der Waals surface area (Å²) in [6, 6.07) is 17.2. The first-order valence-electron chi connectivity index (χ1n) is 9.68. The van der Waals surface area contributed by atoms with E-state index >= 15 is 0 Å². The van der Waals surface area contributed by atoms with Crippen molar-refractivity contribution in [3.63, 3.8) is 0 Å². The summed E-state index contributed by atoms with van der Waals surface area (Å²) in [5.41, 5.74) is 9.47. The third-order valence-corrected chi connectivity index (χ3v) is 5.40. The molecule has 29 heavy (non-hydrogen) atoms. The first-order chi connectivity index (χ1) is 14.2. The van der Waals surface area contributed by atoms with Crippen molar-refractivity contribution in [2.45, 2.75) is 6.04 Å². The van der Waals surface area contributed by atoms with Gasteiger partial charge in [-0.3, -0.25) is 4.90 Å². The summed E-state index contributed by atoms with van der Waals surface area (Å²) >= 11 is 0. The van der Waals surface area contributed by atoms with Crippen LogP contribution >= 0.6 is 0 Å². The predicted molar refractivity (Wildman–Crippen MR) is 114 cm³/mol. The smallest absolute Gasteiger partial charge is 0.127 e. The number of hydrogen-bond acceptors (Lipinski definition) is 5. The Morgan fingerprint density at radius 3 is 2.17 bits per heavy atom. The molecule has 3 heterocycles. The summed E-state index contributed by atoms with van der Waals surface area (Å²) in [5.74, 6) is 0.986. The Morgan fingerprint density at radius 1 is 0.931 bits per heavy atom. The van der Waals surface area contributed by atoms with E-state index in [1.54, 1.807) is 5.06 Å². The van der Waals surface area contributed by atoms with Gasteiger partial charge in [-0.25, -0.2) is 15.5 Å². The number of aromatic nitrogens is 2. The lowest BCUT2D eigenvalue weighted by atomic mass is 10.0. The van der Waals surface area contributed by atoms with Crippen LogP contribution in [0.2, 0.25) is 0 Å². The molecule has 2 aliphatic rings. The third-order valence-electron chi connectivity index (χ3n) is 5.40. The fraction of sp³-hybridized carbons (Fsp3) is 0.174. The van der Waals surface area contributed by atoms with Gasteiger partial charge in [0.15, 0.2) is 0 Å². The van der Waals surface area contributed by atoms with E-state index in [4.69, 9.17) is 4.94 Å². The minimum absolute atomic E-state index is 0.233. The Balaban J connectivity index is 1.33. The maximum absolute atomic E-state index is 5.21. The highest BCUT2D eigenvalue weighted by Gasteiger charge is 2.20. The molecule has 0 bridgehead atoms. The number of rotatable bonds is 4. The molecule has 6 heteroatoms. The van der Waals surface area contributed by atoms with E-state index in [9.17, 15) is 0 Å². The Bertz CT molecular complexity index is 1070. The van der Waals surface area contributed by atoms with Crippen molar-refractivity contribution in [2.75, 3.05) is 20.6 Å². The lowest BCUT2D eigenvalue weighted by Crippen LogP contribution is -2.19. The average Bonchev–Trinajstić information content (AvgIpc) is 3.49. The van der Waals surface area contributed by atoms with Crippen LogP contribution in [0, 0.1) is 0 Å². The van der Waals surface area contributed by atoms with E-state index in [0.717, 1.165) is 34.9 Å². The lowest BCUT2D eigenvalue weighted by molar-refractivity contribution is -0.121. The van der Waals surface area contributed by atoms with Gasteiger partial charge >= 0.3 is 0 Å². The zero-order valence-corrected chi connectivity index (χ0v) is 16.5. The van der Waals surface area contributed by atoms with Crippen molar-refractivity contribution in [1.29, 1.82) is 0 Å². The number of aromatic amines is 1. The molecule has 146 valence electrons. The number of hydrogen-bond donors (Lipinski definition) is 2. The van der Waals surface area contributed by atoms with Crippen LogP contribution in [-0.2, 0) is 4.94 Å². The summed E-state index contributed by atoms with van der Waals surface area (Å²) in [4.78, 5) is 15.5. The van der Waals surface area contributed by atoms with Crippen molar-refractivity contribution in [1.82, 2.24) is 25.4 Å². The van der Waals surface area contributed by atoms with E-state index < -0.39 is 0 Å². The Morgan fingerprint density at radius 2 is 1.59 bits per heavy atom. The third kappa shape index (κ3) is 3.44. The number of likely N-dealkylation sites (N-methyl/N-ethyl adjacent to an activating group) is 1. The highest BCUT2D eigenvalue weighted by atomic mass is 16.8. The normalized spacial score (nSPS) is 18.9. The van der Waals surface area contributed by atoms with Gasteiger partial charge < -0.3 is 4.98 Å². The number of benzene rings is 2. The van der Waals surface area contributed by atoms with Crippen LogP contribution in [0.25, 0.3) is 28.1 Å². The minimum Gasteiger partial charge on any atom is -0.340 e. The lowest BCUT2D eigenvalue weighted by Gasteiger charge is -2.16. The van der Waals surface area contributed by atoms with Gasteiger partial charge in [-0.1, -0.05) is 60.7 Å². The SMILES string of the molecule is CN1C=C(c2ccc(-c3ccc(-c4cnc(C5C=CCN5C)[nH]4)cc3)cc2)NO1. The van der Waals surface area contributed by atoms with Gasteiger partial charge in [0.25, 0.3) is 0 Å². The van der Waals surface area contributed by atoms with Gasteiger partial charge in [0.05, 0.1) is 29.8 Å². The number of H-pyrrole nitrogens is 1. The molecule has 0 spiro atoms. The maximum atomic E-state index is 5.21. The van der Waals surface area contributed by atoms with Crippen LogP contribution in [0.5, 0.6) is 0 Å². The first-order valence-corrected chi connectivity index (χ1v) is 9.68. The molecule has 0 fully saturated rings. The summed E-state index contributed by atoms with van der Waals surface area (Å²) in [5, 5.41) is 1.64. The highest BCUT2D eigenvalue weighted by Crippen LogP contribution is 2.28. The summed E-state index contributed by atoms with van der Waals surface area (Å²) < 4.78 is 0. The van der Waals surface area contributed by atoms with Gasteiger partial charge in [-0.2, -0.15) is 4.94 Å². The molecule has 6 nitrogen and oxygen atoms in total. The fourth-order valence-corrected chi connectivity index (χ4v) is 3.72. The van der Waals surface area contributed by atoms with Gasteiger partial charge in [-0.15, -0.1) is 0 Å². The zero-order valence-electron chi connectivity index (χ0n) is 16.5.